The van der Waals surface area contributed by atoms with Crippen LogP contribution in [-0.4, -0.2) is 25.8 Å². The summed E-state index contributed by atoms with van der Waals surface area (Å²) in [5.41, 5.74) is 5.04. The molecule has 0 aliphatic carbocycles. The van der Waals surface area contributed by atoms with Crippen LogP contribution in [0.3, 0.4) is 0 Å². The molecule has 0 fully saturated rings. The van der Waals surface area contributed by atoms with Crippen molar-refractivity contribution in [2.24, 2.45) is 5.10 Å². The highest BCUT2D eigenvalue weighted by molar-refractivity contribution is 5.94. The van der Waals surface area contributed by atoms with Gasteiger partial charge in [0.1, 0.15) is 0 Å². The first-order chi connectivity index (χ1) is 14.1. The van der Waals surface area contributed by atoms with E-state index in [2.05, 4.69) is 17.5 Å². The molecule has 1 N–H and O–H groups in total. The Morgan fingerprint density at radius 2 is 1.72 bits per heavy atom. The fourth-order valence-corrected chi connectivity index (χ4v) is 2.88. The SMILES string of the molecule is CCCCCCCCOc1ccc(/C=N/NC(=O)c2ccc(C)cc2)cc1OC. The van der Waals surface area contributed by atoms with Gasteiger partial charge in [0.2, 0.25) is 0 Å². The van der Waals surface area contributed by atoms with E-state index in [4.69, 9.17) is 9.47 Å². The number of hydrazone groups is 1. The molecule has 5 heteroatoms. The zero-order chi connectivity index (χ0) is 20.9. The van der Waals surface area contributed by atoms with E-state index in [1.165, 1.54) is 32.1 Å². The molecule has 0 unspecified atom stereocenters. The fourth-order valence-electron chi connectivity index (χ4n) is 2.88. The monoisotopic (exact) mass is 396 g/mol. The Kier molecular flexibility index (Phi) is 9.76. The number of ether oxygens (including phenoxy) is 2. The number of nitrogens with zero attached hydrogens (tertiary/aromatic N) is 1. The molecule has 0 saturated carbocycles. The maximum absolute atomic E-state index is 12.1. The summed E-state index contributed by atoms with van der Waals surface area (Å²) >= 11 is 0. The minimum atomic E-state index is -0.243. The first-order valence-corrected chi connectivity index (χ1v) is 10.3. The van der Waals surface area contributed by atoms with Gasteiger partial charge in [0.15, 0.2) is 11.5 Å². The zero-order valence-corrected chi connectivity index (χ0v) is 17.7. The molecule has 1 amide bonds. The van der Waals surface area contributed by atoms with Crippen molar-refractivity contribution < 1.29 is 14.3 Å². The number of hydrogen-bond donors (Lipinski definition) is 1. The van der Waals surface area contributed by atoms with E-state index in [1.807, 2.05) is 37.3 Å². The number of hydrogen-bond acceptors (Lipinski definition) is 4. The molecular formula is C24H32N2O3. The van der Waals surface area contributed by atoms with Gasteiger partial charge in [-0.2, -0.15) is 5.10 Å². The van der Waals surface area contributed by atoms with Gasteiger partial charge < -0.3 is 9.47 Å². The second-order valence-corrected chi connectivity index (χ2v) is 7.09. The molecule has 0 heterocycles. The van der Waals surface area contributed by atoms with Crippen molar-refractivity contribution in [3.8, 4) is 11.5 Å². The number of nitrogens with one attached hydrogen (secondary N) is 1. The van der Waals surface area contributed by atoms with Crippen LogP contribution in [-0.2, 0) is 0 Å². The summed E-state index contributed by atoms with van der Waals surface area (Å²) in [7, 11) is 1.62. The molecule has 0 spiro atoms. The maximum atomic E-state index is 12.1. The smallest absolute Gasteiger partial charge is 0.271 e. The Morgan fingerprint density at radius 1 is 1.00 bits per heavy atom. The summed E-state index contributed by atoms with van der Waals surface area (Å²) in [6, 6.07) is 13.0. The van der Waals surface area contributed by atoms with E-state index in [-0.39, 0.29) is 5.91 Å². The van der Waals surface area contributed by atoms with Gasteiger partial charge in [0, 0.05) is 5.56 Å². The molecule has 5 nitrogen and oxygen atoms in total. The number of rotatable bonds is 12. The first-order valence-electron chi connectivity index (χ1n) is 10.3. The Labute approximate surface area is 174 Å². The van der Waals surface area contributed by atoms with Crippen molar-refractivity contribution in [2.45, 2.75) is 52.4 Å². The van der Waals surface area contributed by atoms with Gasteiger partial charge >= 0.3 is 0 Å². The molecule has 0 bridgehead atoms. The van der Waals surface area contributed by atoms with Crippen LogP contribution < -0.4 is 14.9 Å². The van der Waals surface area contributed by atoms with Crippen LogP contribution in [0.5, 0.6) is 11.5 Å². The lowest BCUT2D eigenvalue weighted by Gasteiger charge is -2.11. The average molecular weight is 397 g/mol. The molecule has 0 aromatic heterocycles. The van der Waals surface area contributed by atoms with Gasteiger partial charge in [0.25, 0.3) is 5.91 Å². The van der Waals surface area contributed by atoms with Crippen LogP contribution in [0.2, 0.25) is 0 Å². The van der Waals surface area contributed by atoms with Crippen molar-refractivity contribution in [3.05, 3.63) is 59.2 Å². The molecule has 2 aromatic rings. The number of benzene rings is 2. The quantitative estimate of drug-likeness (QED) is 0.292. The lowest BCUT2D eigenvalue weighted by Crippen LogP contribution is -2.17. The highest BCUT2D eigenvalue weighted by atomic mass is 16.5. The van der Waals surface area contributed by atoms with E-state index in [0.29, 0.717) is 17.9 Å². The maximum Gasteiger partial charge on any atom is 0.271 e. The molecule has 0 atom stereocenters. The molecule has 0 radical (unpaired) electrons. The summed E-state index contributed by atoms with van der Waals surface area (Å²) in [5.74, 6) is 1.14. The van der Waals surface area contributed by atoms with Gasteiger partial charge in [-0.15, -0.1) is 0 Å². The Morgan fingerprint density at radius 3 is 2.45 bits per heavy atom. The normalized spacial score (nSPS) is 10.9. The second-order valence-electron chi connectivity index (χ2n) is 7.09. The van der Waals surface area contributed by atoms with Crippen LogP contribution in [0.4, 0.5) is 0 Å². The van der Waals surface area contributed by atoms with Crippen LogP contribution in [0.1, 0.15) is 66.9 Å². The summed E-state index contributed by atoms with van der Waals surface area (Å²) < 4.78 is 11.3. The van der Waals surface area contributed by atoms with E-state index >= 15 is 0 Å². The van der Waals surface area contributed by atoms with Crippen LogP contribution in [0, 0.1) is 6.92 Å². The van der Waals surface area contributed by atoms with Gasteiger partial charge in [-0.1, -0.05) is 56.7 Å². The van der Waals surface area contributed by atoms with Gasteiger partial charge in [-0.05, 0) is 49.2 Å². The number of carbonyl (C=O) groups excluding carboxylic acids is 1. The van der Waals surface area contributed by atoms with Crippen molar-refractivity contribution in [3.63, 3.8) is 0 Å². The van der Waals surface area contributed by atoms with Crippen molar-refractivity contribution >= 4 is 12.1 Å². The minimum Gasteiger partial charge on any atom is -0.493 e. The first kappa shape index (κ1) is 22.5. The number of carbonyl (C=O) groups is 1. The molecular weight excluding hydrogens is 364 g/mol. The molecule has 156 valence electrons. The number of amides is 1. The zero-order valence-electron chi connectivity index (χ0n) is 17.7. The van der Waals surface area contributed by atoms with E-state index in [1.54, 1.807) is 25.5 Å². The molecule has 29 heavy (non-hydrogen) atoms. The predicted octanol–water partition coefficient (Wildman–Crippen LogP) is 5.51. The summed E-state index contributed by atoms with van der Waals surface area (Å²) in [6.07, 6.45) is 8.95. The van der Waals surface area contributed by atoms with E-state index < -0.39 is 0 Å². The highest BCUT2D eigenvalue weighted by Crippen LogP contribution is 2.27. The average Bonchev–Trinajstić information content (AvgIpc) is 2.74. The lowest BCUT2D eigenvalue weighted by atomic mass is 10.1. The summed E-state index contributed by atoms with van der Waals surface area (Å²) in [6.45, 7) is 4.89. The van der Waals surface area contributed by atoms with Crippen LogP contribution >= 0.6 is 0 Å². The third-order valence-corrected chi connectivity index (χ3v) is 4.64. The Hall–Kier alpha value is -2.82. The summed E-state index contributed by atoms with van der Waals surface area (Å²) in [4.78, 5) is 12.1. The Bertz CT molecular complexity index is 785. The molecule has 2 aromatic carbocycles. The van der Waals surface area contributed by atoms with Gasteiger partial charge in [-0.3, -0.25) is 4.79 Å². The van der Waals surface area contributed by atoms with Gasteiger partial charge in [-0.25, -0.2) is 5.43 Å². The predicted molar refractivity (Wildman–Crippen MR) is 118 cm³/mol. The van der Waals surface area contributed by atoms with Crippen molar-refractivity contribution in [1.29, 1.82) is 0 Å². The standard InChI is InChI=1S/C24H32N2O3/c1-4-5-6-7-8-9-16-29-22-15-12-20(17-23(22)28-3)18-25-26-24(27)21-13-10-19(2)11-14-21/h10-15,17-18H,4-9,16H2,1-3H3,(H,26,27)/b25-18+. The minimum absolute atomic E-state index is 0.243. The third-order valence-electron chi connectivity index (χ3n) is 4.64. The third kappa shape index (κ3) is 7.98. The van der Waals surface area contributed by atoms with E-state index in [0.717, 1.165) is 23.3 Å². The van der Waals surface area contributed by atoms with Gasteiger partial charge in [0.05, 0.1) is 19.9 Å². The van der Waals surface area contributed by atoms with Crippen molar-refractivity contribution in [1.82, 2.24) is 5.43 Å². The largest absolute Gasteiger partial charge is 0.493 e. The summed E-state index contributed by atoms with van der Waals surface area (Å²) in [5, 5.41) is 4.04. The molecule has 0 aliphatic rings. The fraction of sp³-hybridized carbons (Fsp3) is 0.417. The highest BCUT2D eigenvalue weighted by Gasteiger charge is 2.06. The molecule has 2 rings (SSSR count). The van der Waals surface area contributed by atoms with Crippen LogP contribution in [0.25, 0.3) is 0 Å². The lowest BCUT2D eigenvalue weighted by molar-refractivity contribution is 0.0955. The number of methoxy groups -OCH3 is 1. The molecule has 0 saturated heterocycles. The Balaban J connectivity index is 1.83. The van der Waals surface area contributed by atoms with E-state index in [9.17, 15) is 4.79 Å². The van der Waals surface area contributed by atoms with Crippen molar-refractivity contribution in [2.75, 3.05) is 13.7 Å². The number of unbranched alkanes of at least 4 members (excludes halogenated alkanes) is 5. The molecule has 0 aliphatic heterocycles. The number of aryl methyl sites for hydroxylation is 1. The van der Waals surface area contributed by atoms with Crippen LogP contribution in [0.15, 0.2) is 47.6 Å². The second kappa shape index (κ2) is 12.6. The topological polar surface area (TPSA) is 59.9 Å².